The fourth-order valence-corrected chi connectivity index (χ4v) is 2.32. The van der Waals surface area contributed by atoms with Crippen LogP contribution in [0.25, 0.3) is 11.0 Å². The van der Waals surface area contributed by atoms with E-state index in [0.29, 0.717) is 10.8 Å². The fraction of sp³-hybridized carbons (Fsp3) is 0.176. The molecule has 0 aliphatic heterocycles. The topological polar surface area (TPSA) is 56.1 Å². The van der Waals surface area contributed by atoms with Gasteiger partial charge in [0.2, 0.25) is 0 Å². The van der Waals surface area contributed by atoms with Crippen molar-refractivity contribution in [1.29, 1.82) is 0 Å². The standard InChI is InChI=1S/C17H16ClN3O2/c1-11-9-13(7-8-14(11)18)23-12(2)17(22)20-21-10-19-15-5-3-4-6-16(15)21/h3-10,12H,1-2H3,(H,20,22). The molecular weight excluding hydrogens is 314 g/mol. The first-order valence-corrected chi connectivity index (χ1v) is 7.58. The molecule has 0 bridgehead atoms. The van der Waals surface area contributed by atoms with Crippen LogP contribution in [0.1, 0.15) is 12.5 Å². The molecule has 0 saturated carbocycles. The second-order valence-electron chi connectivity index (χ2n) is 5.25. The summed E-state index contributed by atoms with van der Waals surface area (Å²) < 4.78 is 7.26. The number of aromatic nitrogens is 2. The van der Waals surface area contributed by atoms with E-state index in [1.54, 1.807) is 36.1 Å². The second kappa shape index (κ2) is 6.30. The van der Waals surface area contributed by atoms with E-state index in [4.69, 9.17) is 16.3 Å². The Morgan fingerprint density at radius 3 is 2.87 bits per heavy atom. The Bertz CT molecular complexity index is 860. The molecule has 2 aromatic carbocycles. The van der Waals surface area contributed by atoms with E-state index in [-0.39, 0.29) is 5.91 Å². The van der Waals surface area contributed by atoms with Crippen LogP contribution in [0.3, 0.4) is 0 Å². The van der Waals surface area contributed by atoms with Gasteiger partial charge in [-0.15, -0.1) is 0 Å². The maximum atomic E-state index is 12.3. The van der Waals surface area contributed by atoms with E-state index < -0.39 is 6.10 Å². The lowest BCUT2D eigenvalue weighted by atomic mass is 10.2. The number of carbonyl (C=O) groups excluding carboxylic acids is 1. The number of nitrogens with one attached hydrogen (secondary N) is 1. The SMILES string of the molecule is Cc1cc(OC(C)C(=O)Nn2cnc3ccccc32)ccc1Cl. The Kier molecular flexibility index (Phi) is 4.21. The molecular formula is C17H16ClN3O2. The third kappa shape index (κ3) is 3.29. The summed E-state index contributed by atoms with van der Waals surface area (Å²) in [5, 5.41) is 0.666. The van der Waals surface area contributed by atoms with Crippen molar-refractivity contribution in [3.63, 3.8) is 0 Å². The molecule has 0 aliphatic carbocycles. The van der Waals surface area contributed by atoms with Crippen molar-refractivity contribution in [2.24, 2.45) is 0 Å². The van der Waals surface area contributed by atoms with Gasteiger partial charge in [-0.2, -0.15) is 0 Å². The molecule has 23 heavy (non-hydrogen) atoms. The quantitative estimate of drug-likeness (QED) is 0.796. The number of amides is 1. The minimum absolute atomic E-state index is 0.263. The molecule has 3 aromatic rings. The van der Waals surface area contributed by atoms with Crippen molar-refractivity contribution in [2.75, 3.05) is 5.43 Å². The smallest absolute Gasteiger partial charge is 0.279 e. The highest BCUT2D eigenvalue weighted by molar-refractivity contribution is 6.31. The molecule has 0 fully saturated rings. The molecule has 1 aromatic heterocycles. The number of ether oxygens (including phenoxy) is 1. The maximum absolute atomic E-state index is 12.3. The number of rotatable bonds is 4. The van der Waals surface area contributed by atoms with Gasteiger partial charge >= 0.3 is 0 Å². The Morgan fingerprint density at radius 2 is 2.09 bits per heavy atom. The fourth-order valence-electron chi connectivity index (χ4n) is 2.21. The van der Waals surface area contributed by atoms with Crippen LogP contribution in [0.2, 0.25) is 5.02 Å². The van der Waals surface area contributed by atoms with Crippen LogP contribution in [0.5, 0.6) is 5.75 Å². The highest BCUT2D eigenvalue weighted by Gasteiger charge is 2.16. The molecule has 1 atom stereocenters. The summed E-state index contributed by atoms with van der Waals surface area (Å²) in [6, 6.07) is 12.9. The number of aryl methyl sites for hydroxylation is 1. The molecule has 118 valence electrons. The summed E-state index contributed by atoms with van der Waals surface area (Å²) in [6.45, 7) is 3.58. The number of para-hydroxylation sites is 2. The van der Waals surface area contributed by atoms with E-state index in [1.165, 1.54) is 0 Å². The molecule has 5 nitrogen and oxygen atoms in total. The van der Waals surface area contributed by atoms with Crippen molar-refractivity contribution in [3.05, 3.63) is 59.4 Å². The summed E-state index contributed by atoms with van der Waals surface area (Å²) in [5.41, 5.74) is 5.32. The van der Waals surface area contributed by atoms with E-state index in [9.17, 15) is 4.79 Å². The molecule has 0 radical (unpaired) electrons. The van der Waals surface area contributed by atoms with Gasteiger partial charge in [-0.1, -0.05) is 23.7 Å². The van der Waals surface area contributed by atoms with Gasteiger partial charge in [-0.05, 0) is 49.7 Å². The Balaban J connectivity index is 1.71. The first-order valence-electron chi connectivity index (χ1n) is 7.20. The Hall–Kier alpha value is -2.53. The number of halogens is 1. The van der Waals surface area contributed by atoms with Crippen LogP contribution in [-0.2, 0) is 4.79 Å². The number of fused-ring (bicyclic) bond motifs is 1. The molecule has 1 amide bonds. The third-order valence-electron chi connectivity index (χ3n) is 3.50. The third-order valence-corrected chi connectivity index (χ3v) is 3.92. The van der Waals surface area contributed by atoms with Gasteiger partial charge in [0.05, 0.1) is 11.0 Å². The van der Waals surface area contributed by atoms with E-state index in [2.05, 4.69) is 10.4 Å². The van der Waals surface area contributed by atoms with Gasteiger partial charge in [0.15, 0.2) is 6.10 Å². The van der Waals surface area contributed by atoms with Gasteiger partial charge in [-0.3, -0.25) is 10.2 Å². The van der Waals surface area contributed by atoms with Gasteiger partial charge in [0.25, 0.3) is 5.91 Å². The summed E-state index contributed by atoms with van der Waals surface area (Å²) in [7, 11) is 0. The minimum atomic E-state index is -0.656. The minimum Gasteiger partial charge on any atom is -0.481 e. The normalized spacial score (nSPS) is 12.1. The van der Waals surface area contributed by atoms with Gasteiger partial charge in [0.1, 0.15) is 12.1 Å². The molecule has 0 spiro atoms. The van der Waals surface area contributed by atoms with Gasteiger partial charge in [0, 0.05) is 5.02 Å². The first-order chi connectivity index (χ1) is 11.0. The number of hydrogen-bond acceptors (Lipinski definition) is 3. The summed E-state index contributed by atoms with van der Waals surface area (Å²) in [4.78, 5) is 16.5. The largest absolute Gasteiger partial charge is 0.481 e. The highest BCUT2D eigenvalue weighted by Crippen LogP contribution is 2.22. The summed E-state index contributed by atoms with van der Waals surface area (Å²) >= 11 is 5.98. The van der Waals surface area contributed by atoms with Crippen molar-refractivity contribution < 1.29 is 9.53 Å². The second-order valence-corrected chi connectivity index (χ2v) is 5.66. The summed E-state index contributed by atoms with van der Waals surface area (Å²) in [6.07, 6.45) is 0.915. The Morgan fingerprint density at radius 1 is 1.30 bits per heavy atom. The monoisotopic (exact) mass is 329 g/mol. The molecule has 1 N–H and O–H groups in total. The molecule has 1 heterocycles. The van der Waals surface area contributed by atoms with E-state index >= 15 is 0 Å². The van der Waals surface area contributed by atoms with Crippen LogP contribution in [0, 0.1) is 6.92 Å². The predicted molar refractivity (Wildman–Crippen MR) is 90.4 cm³/mol. The van der Waals surface area contributed by atoms with Crippen LogP contribution < -0.4 is 10.2 Å². The van der Waals surface area contributed by atoms with Gasteiger partial charge < -0.3 is 4.74 Å². The number of hydrogen-bond donors (Lipinski definition) is 1. The lowest BCUT2D eigenvalue weighted by Gasteiger charge is -2.16. The molecule has 0 aliphatic rings. The van der Waals surface area contributed by atoms with E-state index in [0.717, 1.165) is 16.6 Å². The van der Waals surface area contributed by atoms with Crippen LogP contribution in [0.4, 0.5) is 0 Å². The van der Waals surface area contributed by atoms with Crippen molar-refractivity contribution >= 4 is 28.5 Å². The lowest BCUT2D eigenvalue weighted by molar-refractivity contribution is -0.122. The number of imidazole rings is 1. The van der Waals surface area contributed by atoms with Crippen LogP contribution in [-0.4, -0.2) is 21.7 Å². The average molecular weight is 330 g/mol. The number of benzene rings is 2. The van der Waals surface area contributed by atoms with E-state index in [1.807, 2.05) is 31.2 Å². The molecule has 1 unspecified atom stereocenters. The average Bonchev–Trinajstić information content (AvgIpc) is 2.94. The van der Waals surface area contributed by atoms with Crippen LogP contribution in [0.15, 0.2) is 48.8 Å². The lowest BCUT2D eigenvalue weighted by Crippen LogP contribution is -2.34. The zero-order valence-corrected chi connectivity index (χ0v) is 13.5. The summed E-state index contributed by atoms with van der Waals surface area (Å²) in [5.74, 6) is 0.339. The first kappa shape index (κ1) is 15.4. The Labute approximate surface area is 138 Å². The van der Waals surface area contributed by atoms with Crippen molar-refractivity contribution in [3.8, 4) is 5.75 Å². The molecule has 3 rings (SSSR count). The maximum Gasteiger partial charge on any atom is 0.279 e. The molecule has 0 saturated heterocycles. The van der Waals surface area contributed by atoms with Crippen molar-refractivity contribution in [1.82, 2.24) is 9.66 Å². The zero-order valence-electron chi connectivity index (χ0n) is 12.8. The predicted octanol–water partition coefficient (Wildman–Crippen LogP) is 3.54. The zero-order chi connectivity index (χ0) is 16.4. The van der Waals surface area contributed by atoms with Crippen molar-refractivity contribution in [2.45, 2.75) is 20.0 Å². The number of carbonyl (C=O) groups is 1. The molecule has 6 heteroatoms. The van der Waals surface area contributed by atoms with Gasteiger partial charge in [-0.25, -0.2) is 9.66 Å². The highest BCUT2D eigenvalue weighted by atomic mass is 35.5. The van der Waals surface area contributed by atoms with Crippen LogP contribution >= 0.6 is 11.6 Å². The number of nitrogens with zero attached hydrogens (tertiary/aromatic N) is 2.